The molecule has 0 fully saturated rings. The van der Waals surface area contributed by atoms with Gasteiger partial charge < -0.3 is 4.90 Å². The highest BCUT2D eigenvalue weighted by Gasteiger charge is 2.39. The molecule has 0 spiro atoms. The number of fused-ring (bicyclic) bond motifs is 1. The van der Waals surface area contributed by atoms with Crippen LogP contribution in [0.4, 0.5) is 5.69 Å². The zero-order valence-corrected chi connectivity index (χ0v) is 14.2. The number of hydrazine groups is 1. The second-order valence-electron chi connectivity index (χ2n) is 6.64. The molecule has 3 N–H and O–H groups in total. The van der Waals surface area contributed by atoms with Gasteiger partial charge in [-0.2, -0.15) is 0 Å². The van der Waals surface area contributed by atoms with Crippen molar-refractivity contribution < 1.29 is 4.79 Å². The highest BCUT2D eigenvalue weighted by atomic mass is 16.2. The van der Waals surface area contributed by atoms with Gasteiger partial charge in [-0.1, -0.05) is 37.6 Å². The van der Waals surface area contributed by atoms with Crippen molar-refractivity contribution in [2.75, 3.05) is 4.90 Å². The number of hydrogen-bond acceptors (Lipinski definition) is 3. The third kappa shape index (κ3) is 2.75. The summed E-state index contributed by atoms with van der Waals surface area (Å²) in [7, 11) is 0. The van der Waals surface area contributed by atoms with Crippen LogP contribution in [-0.4, -0.2) is 17.5 Å². The van der Waals surface area contributed by atoms with Gasteiger partial charge in [0, 0.05) is 11.3 Å². The first kappa shape index (κ1) is 16.6. The van der Waals surface area contributed by atoms with Crippen molar-refractivity contribution in [3.8, 4) is 0 Å². The number of benzene rings is 1. The van der Waals surface area contributed by atoms with Crippen molar-refractivity contribution in [3.63, 3.8) is 0 Å². The van der Waals surface area contributed by atoms with Crippen molar-refractivity contribution >= 4 is 17.2 Å². The van der Waals surface area contributed by atoms with Gasteiger partial charge in [0.2, 0.25) is 0 Å². The van der Waals surface area contributed by atoms with Crippen LogP contribution < -0.4 is 16.2 Å². The van der Waals surface area contributed by atoms with Crippen LogP contribution in [-0.2, 0) is 4.79 Å². The Kier molecular flexibility index (Phi) is 4.61. The SMILES string of the molecule is CCCC(C(=O)NN)N1c2c(C)cccc2C(C)=CC1(C)C. The smallest absolute Gasteiger partial charge is 0.256 e. The normalized spacial score (nSPS) is 17.5. The van der Waals surface area contributed by atoms with Crippen LogP contribution in [0, 0.1) is 6.92 Å². The average molecular weight is 301 g/mol. The molecule has 0 bridgehead atoms. The Morgan fingerprint density at radius 1 is 1.36 bits per heavy atom. The lowest BCUT2D eigenvalue weighted by Gasteiger charge is -2.47. The number of nitrogens with one attached hydrogen (secondary N) is 1. The lowest BCUT2D eigenvalue weighted by atomic mass is 9.85. The van der Waals surface area contributed by atoms with Gasteiger partial charge in [0.15, 0.2) is 0 Å². The molecule has 22 heavy (non-hydrogen) atoms. The van der Waals surface area contributed by atoms with E-state index in [1.54, 1.807) is 0 Å². The molecule has 0 radical (unpaired) electrons. The molecular weight excluding hydrogens is 274 g/mol. The maximum Gasteiger partial charge on any atom is 0.256 e. The van der Waals surface area contributed by atoms with Crippen molar-refractivity contribution in [1.82, 2.24) is 5.43 Å². The summed E-state index contributed by atoms with van der Waals surface area (Å²) in [5.41, 5.74) is 6.89. The number of hydrogen-bond donors (Lipinski definition) is 2. The molecule has 4 nitrogen and oxygen atoms in total. The van der Waals surface area contributed by atoms with Crippen LogP contribution in [0.3, 0.4) is 0 Å². The number of anilines is 1. The van der Waals surface area contributed by atoms with E-state index in [0.29, 0.717) is 0 Å². The molecule has 0 aliphatic carbocycles. The van der Waals surface area contributed by atoms with E-state index < -0.39 is 0 Å². The quantitative estimate of drug-likeness (QED) is 0.510. The Hall–Kier alpha value is -1.81. The fourth-order valence-electron chi connectivity index (χ4n) is 3.57. The van der Waals surface area contributed by atoms with Gasteiger partial charge in [-0.25, -0.2) is 5.84 Å². The van der Waals surface area contributed by atoms with Gasteiger partial charge in [0.25, 0.3) is 5.91 Å². The highest BCUT2D eigenvalue weighted by molar-refractivity contribution is 5.90. The Bertz CT molecular complexity index is 604. The summed E-state index contributed by atoms with van der Waals surface area (Å²) in [6.07, 6.45) is 3.93. The number of carbonyl (C=O) groups is 1. The minimum atomic E-state index is -0.269. The van der Waals surface area contributed by atoms with Crippen LogP contribution >= 0.6 is 0 Å². The van der Waals surface area contributed by atoms with E-state index in [1.807, 2.05) is 0 Å². The van der Waals surface area contributed by atoms with Gasteiger partial charge in [0.1, 0.15) is 6.04 Å². The largest absolute Gasteiger partial charge is 0.350 e. The molecule has 0 saturated carbocycles. The third-order valence-corrected chi connectivity index (χ3v) is 4.41. The predicted octanol–water partition coefficient (Wildman–Crippen LogP) is 3.16. The van der Waals surface area contributed by atoms with Crippen molar-refractivity contribution in [1.29, 1.82) is 0 Å². The highest BCUT2D eigenvalue weighted by Crippen LogP contribution is 2.42. The minimum absolute atomic E-state index is 0.128. The number of nitrogens with two attached hydrogens (primary N) is 1. The first-order chi connectivity index (χ1) is 10.3. The first-order valence-corrected chi connectivity index (χ1v) is 7.92. The molecule has 120 valence electrons. The van der Waals surface area contributed by atoms with E-state index in [0.717, 1.165) is 18.5 Å². The average Bonchev–Trinajstić information content (AvgIpc) is 2.45. The molecule has 1 heterocycles. The number of carbonyl (C=O) groups excluding carboxylic acids is 1. The number of allylic oxidation sites excluding steroid dienone is 1. The monoisotopic (exact) mass is 301 g/mol. The van der Waals surface area contributed by atoms with Gasteiger partial charge in [-0.05, 0) is 45.3 Å². The maximum absolute atomic E-state index is 12.4. The Labute approximate surface area is 133 Å². The van der Waals surface area contributed by atoms with Crippen LogP contribution in [0.5, 0.6) is 0 Å². The number of nitrogens with zero attached hydrogens (tertiary/aromatic N) is 1. The molecule has 1 aromatic carbocycles. The maximum atomic E-state index is 12.4. The van der Waals surface area contributed by atoms with Gasteiger partial charge in [-0.3, -0.25) is 10.2 Å². The molecule has 1 unspecified atom stereocenters. The Morgan fingerprint density at radius 3 is 2.64 bits per heavy atom. The first-order valence-electron chi connectivity index (χ1n) is 7.92. The molecular formula is C18H27N3O. The van der Waals surface area contributed by atoms with E-state index in [-0.39, 0.29) is 17.5 Å². The summed E-state index contributed by atoms with van der Waals surface area (Å²) in [6, 6.07) is 6.03. The molecule has 1 atom stereocenters. The minimum Gasteiger partial charge on any atom is -0.350 e. The summed E-state index contributed by atoms with van der Waals surface area (Å²) in [5, 5.41) is 0. The molecule has 2 rings (SSSR count). The summed E-state index contributed by atoms with van der Waals surface area (Å²) < 4.78 is 0. The van der Waals surface area contributed by atoms with Crippen molar-refractivity contribution in [3.05, 3.63) is 35.4 Å². The molecule has 1 amide bonds. The summed E-state index contributed by atoms with van der Waals surface area (Å²) in [4.78, 5) is 14.6. The fourth-order valence-corrected chi connectivity index (χ4v) is 3.57. The van der Waals surface area contributed by atoms with Crippen LogP contribution in [0.2, 0.25) is 0 Å². The van der Waals surface area contributed by atoms with Gasteiger partial charge in [-0.15, -0.1) is 0 Å². The van der Waals surface area contributed by atoms with Crippen molar-refractivity contribution in [2.24, 2.45) is 5.84 Å². The van der Waals surface area contributed by atoms with Crippen molar-refractivity contribution in [2.45, 2.75) is 59.0 Å². The zero-order chi connectivity index (χ0) is 16.5. The van der Waals surface area contributed by atoms with E-state index in [4.69, 9.17) is 5.84 Å². The second-order valence-corrected chi connectivity index (χ2v) is 6.64. The fraction of sp³-hybridized carbons (Fsp3) is 0.500. The van der Waals surface area contributed by atoms with Crippen LogP contribution in [0.25, 0.3) is 5.57 Å². The Morgan fingerprint density at radius 2 is 2.05 bits per heavy atom. The molecule has 1 aromatic rings. The summed E-state index contributed by atoms with van der Waals surface area (Å²) >= 11 is 0. The van der Waals surface area contributed by atoms with Crippen LogP contribution in [0.1, 0.15) is 51.7 Å². The predicted molar refractivity (Wildman–Crippen MR) is 92.4 cm³/mol. The molecule has 1 aliphatic heterocycles. The summed E-state index contributed by atoms with van der Waals surface area (Å²) in [5.74, 6) is 5.31. The second kappa shape index (κ2) is 6.13. The van der Waals surface area contributed by atoms with E-state index in [1.165, 1.54) is 16.7 Å². The number of para-hydroxylation sites is 1. The summed E-state index contributed by atoms with van der Waals surface area (Å²) in [6.45, 7) is 10.6. The number of amides is 1. The lowest BCUT2D eigenvalue weighted by Crippen LogP contribution is -2.58. The standard InChI is InChI=1S/C18H27N3O/c1-6-8-15(17(22)20-19)21-16-12(2)9-7-10-14(16)13(3)11-18(21,4)5/h7,9-11,15H,6,8,19H2,1-5H3,(H,20,22). The molecule has 1 aliphatic rings. The van der Waals surface area contributed by atoms with E-state index >= 15 is 0 Å². The topological polar surface area (TPSA) is 58.4 Å². The van der Waals surface area contributed by atoms with Gasteiger partial charge >= 0.3 is 0 Å². The number of aryl methyl sites for hydroxylation is 1. The third-order valence-electron chi connectivity index (χ3n) is 4.41. The zero-order valence-electron chi connectivity index (χ0n) is 14.2. The van der Waals surface area contributed by atoms with E-state index in [2.05, 4.69) is 69.2 Å². The molecule has 0 saturated heterocycles. The molecule has 4 heteroatoms. The van der Waals surface area contributed by atoms with Crippen LogP contribution in [0.15, 0.2) is 24.3 Å². The molecule has 0 aromatic heterocycles. The van der Waals surface area contributed by atoms with Gasteiger partial charge in [0.05, 0.1) is 5.54 Å². The Balaban J connectivity index is 2.65. The number of rotatable bonds is 4. The van der Waals surface area contributed by atoms with E-state index in [9.17, 15) is 4.79 Å². The lowest BCUT2D eigenvalue weighted by molar-refractivity contribution is -0.122.